The van der Waals surface area contributed by atoms with Crippen LogP contribution in [0.25, 0.3) is 0 Å². The number of nitrogens with zero attached hydrogens (tertiary/aromatic N) is 4. The minimum Gasteiger partial charge on any atom is -0.378 e. The van der Waals surface area contributed by atoms with Crippen molar-refractivity contribution in [1.82, 2.24) is 9.97 Å². The predicted molar refractivity (Wildman–Crippen MR) is 93.7 cm³/mol. The summed E-state index contributed by atoms with van der Waals surface area (Å²) in [5, 5.41) is 0. The lowest BCUT2D eigenvalue weighted by atomic mass is 10.2. The lowest BCUT2D eigenvalue weighted by molar-refractivity contribution is 0.122. The number of anilines is 3. The van der Waals surface area contributed by atoms with Gasteiger partial charge in [-0.25, -0.2) is 4.98 Å². The van der Waals surface area contributed by atoms with Crippen LogP contribution in [0.4, 0.5) is 17.5 Å². The van der Waals surface area contributed by atoms with Crippen LogP contribution in [0.1, 0.15) is 18.2 Å². The molecule has 23 heavy (non-hydrogen) atoms. The van der Waals surface area contributed by atoms with Crippen LogP contribution >= 0.6 is 0 Å². The van der Waals surface area contributed by atoms with Crippen LogP contribution < -0.4 is 9.80 Å². The second-order valence-electron chi connectivity index (χ2n) is 5.85. The highest BCUT2D eigenvalue weighted by molar-refractivity contribution is 5.60. The molecule has 0 bridgehead atoms. The van der Waals surface area contributed by atoms with Crippen LogP contribution in [-0.4, -0.2) is 42.8 Å². The second kappa shape index (κ2) is 6.96. The Hall–Kier alpha value is -2.14. The van der Waals surface area contributed by atoms with Crippen molar-refractivity contribution in [2.24, 2.45) is 0 Å². The van der Waals surface area contributed by atoms with Gasteiger partial charge in [-0.2, -0.15) is 4.98 Å². The topological polar surface area (TPSA) is 41.5 Å². The third kappa shape index (κ3) is 3.62. The highest BCUT2D eigenvalue weighted by atomic mass is 16.5. The first-order chi connectivity index (χ1) is 11.2. The molecule has 0 N–H and O–H groups in total. The zero-order valence-corrected chi connectivity index (χ0v) is 14.1. The molecule has 0 radical (unpaired) electrons. The van der Waals surface area contributed by atoms with Crippen LogP contribution in [0.5, 0.6) is 0 Å². The van der Waals surface area contributed by atoms with Gasteiger partial charge in [-0.05, 0) is 38.5 Å². The van der Waals surface area contributed by atoms with E-state index < -0.39 is 0 Å². The molecule has 1 aromatic carbocycles. The van der Waals surface area contributed by atoms with Gasteiger partial charge in [0.15, 0.2) is 0 Å². The minimum absolute atomic E-state index is 0.758. The maximum Gasteiger partial charge on any atom is 0.232 e. The van der Waals surface area contributed by atoms with Crippen LogP contribution in [-0.2, 0) is 4.74 Å². The first-order valence-electron chi connectivity index (χ1n) is 8.20. The molecular weight excluding hydrogens is 288 g/mol. The Kier molecular flexibility index (Phi) is 4.76. The Morgan fingerprint density at radius 3 is 2.61 bits per heavy atom. The fourth-order valence-corrected chi connectivity index (χ4v) is 2.85. The second-order valence-corrected chi connectivity index (χ2v) is 5.85. The third-order valence-corrected chi connectivity index (χ3v) is 4.03. The van der Waals surface area contributed by atoms with Crippen LogP contribution in [0.3, 0.4) is 0 Å². The summed E-state index contributed by atoms with van der Waals surface area (Å²) in [5.74, 6) is 1.75. The maximum absolute atomic E-state index is 5.44. The quantitative estimate of drug-likeness (QED) is 0.868. The summed E-state index contributed by atoms with van der Waals surface area (Å²) < 4.78 is 5.44. The fourth-order valence-electron chi connectivity index (χ4n) is 2.85. The summed E-state index contributed by atoms with van der Waals surface area (Å²) in [4.78, 5) is 13.9. The summed E-state index contributed by atoms with van der Waals surface area (Å²) >= 11 is 0. The summed E-state index contributed by atoms with van der Waals surface area (Å²) in [5.41, 5.74) is 3.36. The van der Waals surface area contributed by atoms with E-state index in [1.54, 1.807) is 0 Å². The largest absolute Gasteiger partial charge is 0.378 e. The smallest absolute Gasteiger partial charge is 0.232 e. The van der Waals surface area contributed by atoms with Gasteiger partial charge < -0.3 is 14.5 Å². The van der Waals surface area contributed by atoms with Crippen molar-refractivity contribution in [3.05, 3.63) is 41.6 Å². The lowest BCUT2D eigenvalue weighted by Gasteiger charge is -2.29. The van der Waals surface area contributed by atoms with E-state index in [0.717, 1.165) is 56.0 Å². The summed E-state index contributed by atoms with van der Waals surface area (Å²) in [6, 6.07) is 10.5. The number of aryl methyl sites for hydroxylation is 2. The Morgan fingerprint density at radius 1 is 1.13 bits per heavy atom. The van der Waals surface area contributed by atoms with Gasteiger partial charge >= 0.3 is 0 Å². The van der Waals surface area contributed by atoms with E-state index in [1.807, 2.05) is 6.92 Å². The van der Waals surface area contributed by atoms with E-state index in [2.05, 4.69) is 59.0 Å². The summed E-state index contributed by atoms with van der Waals surface area (Å²) in [7, 11) is 0. The number of aromatic nitrogens is 2. The van der Waals surface area contributed by atoms with E-state index >= 15 is 0 Å². The first-order valence-corrected chi connectivity index (χ1v) is 8.20. The SMILES string of the molecule is CCN(c1cccc(C)c1)c1nc(C)cc(N2CCOCC2)n1. The monoisotopic (exact) mass is 312 g/mol. The molecule has 1 saturated heterocycles. The summed E-state index contributed by atoms with van der Waals surface area (Å²) in [6.07, 6.45) is 0. The van der Waals surface area contributed by atoms with Gasteiger partial charge in [0.05, 0.1) is 13.2 Å². The Balaban J connectivity index is 1.95. The van der Waals surface area contributed by atoms with Crippen molar-refractivity contribution in [2.45, 2.75) is 20.8 Å². The van der Waals surface area contributed by atoms with Crippen molar-refractivity contribution < 1.29 is 4.74 Å². The van der Waals surface area contributed by atoms with Gasteiger partial charge in [-0.15, -0.1) is 0 Å². The molecule has 3 rings (SSSR count). The molecule has 122 valence electrons. The van der Waals surface area contributed by atoms with Crippen molar-refractivity contribution >= 4 is 17.5 Å². The lowest BCUT2D eigenvalue weighted by Crippen LogP contribution is -2.37. The van der Waals surface area contributed by atoms with Crippen LogP contribution in [0.15, 0.2) is 30.3 Å². The zero-order valence-electron chi connectivity index (χ0n) is 14.1. The molecule has 1 fully saturated rings. The van der Waals surface area contributed by atoms with Gasteiger partial charge in [-0.3, -0.25) is 0 Å². The van der Waals surface area contributed by atoms with E-state index in [9.17, 15) is 0 Å². The summed E-state index contributed by atoms with van der Waals surface area (Å²) in [6.45, 7) is 10.4. The fraction of sp³-hybridized carbons (Fsp3) is 0.444. The maximum atomic E-state index is 5.44. The highest BCUT2D eigenvalue weighted by Crippen LogP contribution is 2.25. The Bertz CT molecular complexity index is 668. The van der Waals surface area contributed by atoms with Crippen molar-refractivity contribution in [1.29, 1.82) is 0 Å². The molecule has 0 spiro atoms. The molecule has 1 aliphatic heterocycles. The van der Waals surface area contributed by atoms with Crippen molar-refractivity contribution in [3.63, 3.8) is 0 Å². The molecule has 5 heteroatoms. The molecule has 0 atom stereocenters. The number of hydrogen-bond donors (Lipinski definition) is 0. The molecule has 1 aromatic heterocycles. The average molecular weight is 312 g/mol. The molecule has 0 saturated carbocycles. The van der Waals surface area contributed by atoms with Gasteiger partial charge in [-0.1, -0.05) is 12.1 Å². The minimum atomic E-state index is 0.758. The van der Waals surface area contributed by atoms with E-state index in [-0.39, 0.29) is 0 Å². The number of benzene rings is 1. The Morgan fingerprint density at radius 2 is 1.91 bits per heavy atom. The van der Waals surface area contributed by atoms with Crippen molar-refractivity contribution in [3.8, 4) is 0 Å². The molecular formula is C18H24N4O. The van der Waals surface area contributed by atoms with E-state index in [1.165, 1.54) is 5.56 Å². The van der Waals surface area contributed by atoms with Gasteiger partial charge in [0, 0.05) is 37.1 Å². The number of rotatable bonds is 4. The van der Waals surface area contributed by atoms with Gasteiger partial charge in [0.2, 0.25) is 5.95 Å². The molecule has 0 amide bonds. The molecule has 2 aromatic rings. The molecule has 0 unspecified atom stereocenters. The normalized spacial score (nSPS) is 14.8. The predicted octanol–water partition coefficient (Wildman–Crippen LogP) is 3.09. The molecule has 5 nitrogen and oxygen atoms in total. The van der Waals surface area contributed by atoms with Gasteiger partial charge in [0.25, 0.3) is 0 Å². The standard InChI is InChI=1S/C18H24N4O/c1-4-22(16-7-5-6-14(2)12-16)18-19-15(3)13-17(20-18)21-8-10-23-11-9-21/h5-7,12-13H,4,8-11H2,1-3H3. The van der Waals surface area contributed by atoms with Crippen LogP contribution in [0, 0.1) is 13.8 Å². The number of hydrogen-bond acceptors (Lipinski definition) is 5. The van der Waals surface area contributed by atoms with Crippen molar-refractivity contribution in [2.75, 3.05) is 42.6 Å². The number of morpholine rings is 1. The average Bonchev–Trinajstić information content (AvgIpc) is 2.56. The van der Waals surface area contributed by atoms with E-state index in [0.29, 0.717) is 0 Å². The Labute approximate surface area is 137 Å². The molecule has 0 aliphatic carbocycles. The van der Waals surface area contributed by atoms with Crippen LogP contribution in [0.2, 0.25) is 0 Å². The van der Waals surface area contributed by atoms with Gasteiger partial charge in [0.1, 0.15) is 5.82 Å². The highest BCUT2D eigenvalue weighted by Gasteiger charge is 2.17. The number of ether oxygens (including phenoxy) is 1. The zero-order chi connectivity index (χ0) is 16.2. The third-order valence-electron chi connectivity index (χ3n) is 4.03. The first kappa shape index (κ1) is 15.7. The molecule has 1 aliphatic rings. The van der Waals surface area contributed by atoms with E-state index in [4.69, 9.17) is 9.72 Å². The molecule has 2 heterocycles.